The quantitative estimate of drug-likeness (QED) is 0.676. The second kappa shape index (κ2) is 4.63. The number of aromatic nitrogens is 1. The summed E-state index contributed by atoms with van der Waals surface area (Å²) in [5.74, 6) is 0.0327. The molecule has 0 spiro atoms. The Balaban J connectivity index is 1.76. The number of nitrogens with two attached hydrogens (primary N) is 1. The van der Waals surface area contributed by atoms with Gasteiger partial charge in [-0.05, 0) is 61.4 Å². The summed E-state index contributed by atoms with van der Waals surface area (Å²) in [7, 11) is 0. The molecule has 3 aromatic rings. The minimum absolute atomic E-state index is 0.0327. The van der Waals surface area contributed by atoms with E-state index in [9.17, 15) is 4.79 Å². The van der Waals surface area contributed by atoms with Crippen LogP contribution in [0.15, 0.2) is 42.5 Å². The van der Waals surface area contributed by atoms with Gasteiger partial charge in [0.05, 0.1) is 0 Å². The van der Waals surface area contributed by atoms with E-state index in [-0.39, 0.29) is 5.91 Å². The number of hydrogen-bond donors (Lipinski definition) is 2. The molecule has 2 aromatic carbocycles. The van der Waals surface area contributed by atoms with Crippen molar-refractivity contribution in [2.24, 2.45) is 0 Å². The lowest BCUT2D eigenvalue weighted by Gasteiger charge is -2.17. The van der Waals surface area contributed by atoms with Gasteiger partial charge in [0.1, 0.15) is 0 Å². The number of amides is 1. The van der Waals surface area contributed by atoms with Crippen molar-refractivity contribution in [3.05, 3.63) is 59.3 Å². The molecule has 1 amide bonds. The first-order chi connectivity index (χ1) is 10.6. The van der Waals surface area contributed by atoms with Gasteiger partial charge in [-0.15, -0.1) is 0 Å². The van der Waals surface area contributed by atoms with E-state index in [1.165, 1.54) is 10.9 Å². The lowest BCUT2D eigenvalue weighted by Crippen LogP contribution is -2.28. The number of carbonyl (C=O) groups is 1. The fraction of sp³-hybridized carbons (Fsp3) is 0.167. The van der Waals surface area contributed by atoms with Crippen molar-refractivity contribution in [2.75, 3.05) is 17.2 Å². The number of anilines is 2. The number of aryl methyl sites for hydroxylation is 1. The van der Waals surface area contributed by atoms with Crippen molar-refractivity contribution in [2.45, 2.75) is 13.3 Å². The summed E-state index contributed by atoms with van der Waals surface area (Å²) >= 11 is 0. The standard InChI is InChI=1S/C18H17N3O/c1-11-10-15-14-8-9-21(17(14)7-6-16(15)20-11)18(22)12-2-4-13(19)5-3-12/h2-7,10,20H,8-9,19H2,1H3. The van der Waals surface area contributed by atoms with Crippen LogP contribution in [-0.2, 0) is 6.42 Å². The SMILES string of the molecule is Cc1cc2c3c(ccc2[nH]1)N(C(=O)c1ccc(N)cc1)CC3. The Bertz CT molecular complexity index is 877. The van der Waals surface area contributed by atoms with Gasteiger partial charge in [0.25, 0.3) is 5.91 Å². The predicted molar refractivity (Wildman–Crippen MR) is 89.3 cm³/mol. The highest BCUT2D eigenvalue weighted by Crippen LogP contribution is 2.35. The second-order valence-corrected chi connectivity index (χ2v) is 5.81. The van der Waals surface area contributed by atoms with Gasteiger partial charge in [0.15, 0.2) is 0 Å². The van der Waals surface area contributed by atoms with Crippen molar-refractivity contribution in [3.8, 4) is 0 Å². The van der Waals surface area contributed by atoms with Gasteiger partial charge in [-0.3, -0.25) is 4.79 Å². The number of nitrogen functional groups attached to an aromatic ring is 1. The molecule has 0 fully saturated rings. The summed E-state index contributed by atoms with van der Waals surface area (Å²) in [6.07, 6.45) is 0.894. The average Bonchev–Trinajstić information content (AvgIpc) is 3.09. The van der Waals surface area contributed by atoms with E-state index in [0.717, 1.165) is 29.9 Å². The Hall–Kier alpha value is -2.75. The molecule has 0 atom stereocenters. The van der Waals surface area contributed by atoms with E-state index in [2.05, 4.69) is 24.0 Å². The number of benzene rings is 2. The van der Waals surface area contributed by atoms with Crippen LogP contribution >= 0.6 is 0 Å². The molecular formula is C18H17N3O. The number of hydrogen-bond acceptors (Lipinski definition) is 2. The van der Waals surface area contributed by atoms with Crippen LogP contribution in [0, 0.1) is 6.92 Å². The summed E-state index contributed by atoms with van der Waals surface area (Å²) in [6, 6.07) is 13.4. The molecular weight excluding hydrogens is 274 g/mol. The fourth-order valence-corrected chi connectivity index (χ4v) is 3.24. The number of rotatable bonds is 1. The van der Waals surface area contributed by atoms with Crippen LogP contribution in [-0.4, -0.2) is 17.4 Å². The van der Waals surface area contributed by atoms with Crippen LogP contribution in [0.4, 0.5) is 11.4 Å². The molecule has 0 unspecified atom stereocenters. The van der Waals surface area contributed by atoms with Gasteiger partial charge >= 0.3 is 0 Å². The maximum atomic E-state index is 12.7. The first-order valence-corrected chi connectivity index (χ1v) is 7.42. The van der Waals surface area contributed by atoms with E-state index in [1.54, 1.807) is 24.3 Å². The van der Waals surface area contributed by atoms with Crippen LogP contribution in [0.1, 0.15) is 21.6 Å². The third kappa shape index (κ3) is 1.88. The van der Waals surface area contributed by atoms with Gasteiger partial charge < -0.3 is 15.6 Å². The maximum absolute atomic E-state index is 12.7. The highest BCUT2D eigenvalue weighted by atomic mass is 16.2. The molecule has 3 N–H and O–H groups in total. The number of nitrogens with zero attached hydrogens (tertiary/aromatic N) is 1. The number of aromatic amines is 1. The third-order valence-corrected chi connectivity index (χ3v) is 4.30. The monoisotopic (exact) mass is 291 g/mol. The van der Waals surface area contributed by atoms with Crippen LogP contribution < -0.4 is 10.6 Å². The molecule has 0 aliphatic carbocycles. The lowest BCUT2D eigenvalue weighted by molar-refractivity contribution is 0.0989. The molecule has 4 heteroatoms. The van der Waals surface area contributed by atoms with E-state index in [1.807, 2.05) is 11.0 Å². The van der Waals surface area contributed by atoms with Gasteiger partial charge in [-0.2, -0.15) is 0 Å². The Morgan fingerprint density at radius 3 is 2.73 bits per heavy atom. The summed E-state index contributed by atoms with van der Waals surface area (Å²) in [6.45, 7) is 2.78. The number of fused-ring (bicyclic) bond motifs is 3. The molecule has 1 aromatic heterocycles. The molecule has 0 saturated carbocycles. The van der Waals surface area contributed by atoms with Crippen molar-refractivity contribution in [1.82, 2.24) is 4.98 Å². The second-order valence-electron chi connectivity index (χ2n) is 5.81. The molecule has 4 nitrogen and oxygen atoms in total. The highest BCUT2D eigenvalue weighted by molar-refractivity contribution is 6.09. The predicted octanol–water partition coefficient (Wildman–Crippen LogP) is 3.26. The van der Waals surface area contributed by atoms with Gasteiger partial charge in [-0.25, -0.2) is 0 Å². The van der Waals surface area contributed by atoms with Crippen LogP contribution in [0.5, 0.6) is 0 Å². The normalized spacial score (nSPS) is 13.6. The zero-order valence-electron chi connectivity index (χ0n) is 12.4. The molecule has 1 aliphatic heterocycles. The van der Waals surface area contributed by atoms with E-state index in [0.29, 0.717) is 11.3 Å². The first kappa shape index (κ1) is 13.0. The first-order valence-electron chi connectivity index (χ1n) is 7.42. The van der Waals surface area contributed by atoms with E-state index < -0.39 is 0 Å². The minimum atomic E-state index is 0.0327. The highest BCUT2D eigenvalue weighted by Gasteiger charge is 2.27. The summed E-state index contributed by atoms with van der Waals surface area (Å²) in [5.41, 5.74) is 11.6. The molecule has 110 valence electrons. The van der Waals surface area contributed by atoms with Crippen molar-refractivity contribution >= 4 is 28.2 Å². The Kier molecular flexibility index (Phi) is 2.73. The molecule has 22 heavy (non-hydrogen) atoms. The van der Waals surface area contributed by atoms with Crippen molar-refractivity contribution in [3.63, 3.8) is 0 Å². The number of nitrogens with one attached hydrogen (secondary N) is 1. The van der Waals surface area contributed by atoms with Crippen LogP contribution in [0.3, 0.4) is 0 Å². The Morgan fingerprint density at radius 1 is 1.18 bits per heavy atom. The molecule has 0 saturated heterocycles. The van der Waals surface area contributed by atoms with Crippen molar-refractivity contribution in [1.29, 1.82) is 0 Å². The lowest BCUT2D eigenvalue weighted by atomic mass is 10.1. The van der Waals surface area contributed by atoms with Gasteiger partial charge in [0, 0.05) is 40.1 Å². The largest absolute Gasteiger partial charge is 0.399 e. The molecule has 4 rings (SSSR count). The average molecular weight is 291 g/mol. The molecule has 2 heterocycles. The number of carbonyl (C=O) groups excluding carboxylic acids is 1. The summed E-state index contributed by atoms with van der Waals surface area (Å²) < 4.78 is 0. The summed E-state index contributed by atoms with van der Waals surface area (Å²) in [4.78, 5) is 18.0. The summed E-state index contributed by atoms with van der Waals surface area (Å²) in [5, 5.41) is 1.22. The zero-order valence-corrected chi connectivity index (χ0v) is 12.4. The third-order valence-electron chi connectivity index (χ3n) is 4.30. The topological polar surface area (TPSA) is 62.1 Å². The fourth-order valence-electron chi connectivity index (χ4n) is 3.24. The number of H-pyrrole nitrogens is 1. The molecule has 0 bridgehead atoms. The molecule has 0 radical (unpaired) electrons. The smallest absolute Gasteiger partial charge is 0.258 e. The zero-order chi connectivity index (χ0) is 15.3. The van der Waals surface area contributed by atoms with E-state index >= 15 is 0 Å². The van der Waals surface area contributed by atoms with Gasteiger partial charge in [-0.1, -0.05) is 0 Å². The van der Waals surface area contributed by atoms with Gasteiger partial charge in [0.2, 0.25) is 0 Å². The maximum Gasteiger partial charge on any atom is 0.258 e. The van der Waals surface area contributed by atoms with Crippen molar-refractivity contribution < 1.29 is 4.79 Å². The Morgan fingerprint density at radius 2 is 1.95 bits per heavy atom. The minimum Gasteiger partial charge on any atom is -0.399 e. The van der Waals surface area contributed by atoms with E-state index in [4.69, 9.17) is 5.73 Å². The van der Waals surface area contributed by atoms with Crippen LogP contribution in [0.2, 0.25) is 0 Å². The Labute approximate surface area is 128 Å². The molecule has 1 aliphatic rings. The van der Waals surface area contributed by atoms with Crippen LogP contribution in [0.25, 0.3) is 10.9 Å².